The minimum Gasteiger partial charge on any atom is -0.346 e. The van der Waals surface area contributed by atoms with Gasteiger partial charge in [-0.05, 0) is 31.2 Å². The van der Waals surface area contributed by atoms with Crippen LogP contribution in [-0.2, 0) is 6.54 Å². The summed E-state index contributed by atoms with van der Waals surface area (Å²) in [7, 11) is 0. The first-order valence-electron chi connectivity index (χ1n) is 6.53. The first-order chi connectivity index (χ1) is 10.2. The van der Waals surface area contributed by atoms with Gasteiger partial charge in [-0.25, -0.2) is 4.98 Å². The number of nitrogens with one attached hydrogen (secondary N) is 1. The normalized spacial score (nSPS) is 10.5. The number of hydrogen-bond donors (Lipinski definition) is 1. The van der Waals surface area contributed by atoms with Crippen LogP contribution < -0.4 is 5.32 Å². The van der Waals surface area contributed by atoms with E-state index in [1.807, 2.05) is 54.2 Å². The Morgan fingerprint density at radius 3 is 2.81 bits per heavy atom. The molecule has 106 valence electrons. The Morgan fingerprint density at radius 2 is 2.10 bits per heavy atom. The molecule has 0 aliphatic carbocycles. The molecular formula is C15H14N4OS. The highest BCUT2D eigenvalue weighted by atomic mass is 32.1. The Balaban J connectivity index is 1.73. The lowest BCUT2D eigenvalue weighted by atomic mass is 10.3. The summed E-state index contributed by atoms with van der Waals surface area (Å²) in [5, 5.41) is 3.67. The number of amides is 1. The van der Waals surface area contributed by atoms with Crippen molar-refractivity contribution >= 4 is 17.2 Å². The van der Waals surface area contributed by atoms with E-state index in [0.29, 0.717) is 11.4 Å². The zero-order valence-corrected chi connectivity index (χ0v) is 12.3. The maximum Gasteiger partial charge on any atom is 0.263 e. The SMILES string of the molecule is Cc1nc(-n2cccc2)sc1C(=O)NCc1ccccn1. The molecule has 1 amide bonds. The average molecular weight is 298 g/mol. The molecule has 0 atom stereocenters. The van der Waals surface area contributed by atoms with Gasteiger partial charge in [-0.1, -0.05) is 17.4 Å². The van der Waals surface area contributed by atoms with Gasteiger partial charge in [0.25, 0.3) is 5.91 Å². The second kappa shape index (κ2) is 5.88. The molecule has 0 spiro atoms. The fourth-order valence-electron chi connectivity index (χ4n) is 1.92. The molecule has 0 aliphatic rings. The molecule has 0 bridgehead atoms. The minimum absolute atomic E-state index is 0.117. The summed E-state index contributed by atoms with van der Waals surface area (Å²) < 4.78 is 1.90. The molecule has 0 saturated carbocycles. The molecule has 5 nitrogen and oxygen atoms in total. The smallest absolute Gasteiger partial charge is 0.263 e. The third kappa shape index (κ3) is 3.00. The number of aryl methyl sites for hydroxylation is 1. The van der Waals surface area contributed by atoms with Gasteiger partial charge in [-0.3, -0.25) is 9.78 Å². The average Bonchev–Trinajstić information content (AvgIpc) is 3.15. The van der Waals surface area contributed by atoms with Crippen LogP contribution in [0.3, 0.4) is 0 Å². The molecule has 3 heterocycles. The van der Waals surface area contributed by atoms with E-state index in [4.69, 9.17) is 0 Å². The molecule has 0 fully saturated rings. The zero-order chi connectivity index (χ0) is 14.7. The van der Waals surface area contributed by atoms with Crippen molar-refractivity contribution < 1.29 is 4.79 Å². The van der Waals surface area contributed by atoms with Crippen LogP contribution in [0.15, 0.2) is 48.9 Å². The summed E-state index contributed by atoms with van der Waals surface area (Å²) in [5.74, 6) is -0.117. The molecule has 1 N–H and O–H groups in total. The summed E-state index contributed by atoms with van der Waals surface area (Å²) in [4.78, 5) is 21.5. The Morgan fingerprint density at radius 1 is 1.29 bits per heavy atom. The molecule has 0 radical (unpaired) electrons. The van der Waals surface area contributed by atoms with E-state index < -0.39 is 0 Å². The second-order valence-corrected chi connectivity index (χ2v) is 5.48. The number of hydrogen-bond acceptors (Lipinski definition) is 4. The van der Waals surface area contributed by atoms with Crippen molar-refractivity contribution in [2.24, 2.45) is 0 Å². The van der Waals surface area contributed by atoms with Crippen LogP contribution in [0.25, 0.3) is 5.13 Å². The van der Waals surface area contributed by atoms with Gasteiger partial charge in [-0.15, -0.1) is 0 Å². The largest absolute Gasteiger partial charge is 0.346 e. The topological polar surface area (TPSA) is 59.8 Å². The van der Waals surface area contributed by atoms with Crippen molar-refractivity contribution in [3.8, 4) is 5.13 Å². The molecule has 6 heteroatoms. The fraction of sp³-hybridized carbons (Fsp3) is 0.133. The molecule has 0 unspecified atom stereocenters. The molecule has 3 rings (SSSR count). The van der Waals surface area contributed by atoms with E-state index in [2.05, 4.69) is 15.3 Å². The van der Waals surface area contributed by atoms with Crippen molar-refractivity contribution in [2.75, 3.05) is 0 Å². The summed E-state index contributed by atoms with van der Waals surface area (Å²) >= 11 is 1.38. The first-order valence-corrected chi connectivity index (χ1v) is 7.34. The van der Waals surface area contributed by atoms with Gasteiger partial charge in [-0.2, -0.15) is 0 Å². The standard InChI is InChI=1S/C15H14N4OS/c1-11-13(21-15(18-11)19-8-4-5-9-19)14(20)17-10-12-6-2-3-7-16-12/h2-9H,10H2,1H3,(H,17,20). The monoisotopic (exact) mass is 298 g/mol. The van der Waals surface area contributed by atoms with Crippen LogP contribution >= 0.6 is 11.3 Å². The molecular weight excluding hydrogens is 284 g/mol. The van der Waals surface area contributed by atoms with Crippen molar-refractivity contribution in [3.63, 3.8) is 0 Å². The number of pyridine rings is 1. The minimum atomic E-state index is -0.117. The van der Waals surface area contributed by atoms with Gasteiger partial charge < -0.3 is 9.88 Å². The third-order valence-corrected chi connectivity index (χ3v) is 4.14. The van der Waals surface area contributed by atoms with Crippen molar-refractivity contribution in [1.29, 1.82) is 0 Å². The number of carbonyl (C=O) groups is 1. The maximum atomic E-state index is 12.2. The molecule has 0 aromatic carbocycles. The van der Waals surface area contributed by atoms with Crippen LogP contribution in [-0.4, -0.2) is 20.4 Å². The van der Waals surface area contributed by atoms with E-state index in [1.54, 1.807) is 6.20 Å². The summed E-state index contributed by atoms with van der Waals surface area (Å²) in [6.45, 7) is 2.26. The number of thiazole rings is 1. The Hall–Kier alpha value is -2.47. The van der Waals surface area contributed by atoms with Gasteiger partial charge in [0.1, 0.15) is 4.88 Å². The van der Waals surface area contributed by atoms with E-state index in [0.717, 1.165) is 16.5 Å². The van der Waals surface area contributed by atoms with Crippen LogP contribution in [0, 0.1) is 6.92 Å². The predicted molar refractivity (Wildman–Crippen MR) is 81.6 cm³/mol. The lowest BCUT2D eigenvalue weighted by Crippen LogP contribution is -2.23. The van der Waals surface area contributed by atoms with E-state index >= 15 is 0 Å². The van der Waals surface area contributed by atoms with Gasteiger partial charge in [0, 0.05) is 18.6 Å². The number of rotatable bonds is 4. The second-order valence-electron chi connectivity index (χ2n) is 4.51. The van der Waals surface area contributed by atoms with Gasteiger partial charge >= 0.3 is 0 Å². The third-order valence-electron chi connectivity index (χ3n) is 2.97. The van der Waals surface area contributed by atoms with Crippen LogP contribution in [0.1, 0.15) is 21.1 Å². The van der Waals surface area contributed by atoms with Gasteiger partial charge in [0.15, 0.2) is 5.13 Å². The lowest BCUT2D eigenvalue weighted by Gasteiger charge is -2.03. The summed E-state index contributed by atoms with van der Waals surface area (Å²) in [6.07, 6.45) is 5.53. The fourth-order valence-corrected chi connectivity index (χ4v) is 2.87. The van der Waals surface area contributed by atoms with Crippen LogP contribution in [0.4, 0.5) is 0 Å². The van der Waals surface area contributed by atoms with E-state index in [-0.39, 0.29) is 5.91 Å². The Kier molecular flexibility index (Phi) is 3.79. The molecule has 3 aromatic rings. The molecule has 21 heavy (non-hydrogen) atoms. The quantitative estimate of drug-likeness (QED) is 0.805. The predicted octanol–water partition coefficient (Wildman–Crippen LogP) is 2.57. The van der Waals surface area contributed by atoms with E-state index in [1.165, 1.54) is 11.3 Å². The van der Waals surface area contributed by atoms with Gasteiger partial charge in [0.2, 0.25) is 0 Å². The Labute approximate surface area is 126 Å². The lowest BCUT2D eigenvalue weighted by molar-refractivity contribution is 0.0953. The highest BCUT2D eigenvalue weighted by molar-refractivity contribution is 7.16. The maximum absolute atomic E-state index is 12.2. The van der Waals surface area contributed by atoms with Gasteiger partial charge in [0.05, 0.1) is 17.9 Å². The van der Waals surface area contributed by atoms with Crippen LogP contribution in [0.2, 0.25) is 0 Å². The van der Waals surface area contributed by atoms with E-state index in [9.17, 15) is 4.79 Å². The Bertz CT molecular complexity index is 734. The summed E-state index contributed by atoms with van der Waals surface area (Å²) in [5.41, 5.74) is 1.57. The molecule has 3 aromatic heterocycles. The van der Waals surface area contributed by atoms with Crippen molar-refractivity contribution in [1.82, 2.24) is 19.9 Å². The number of carbonyl (C=O) groups excluding carboxylic acids is 1. The zero-order valence-electron chi connectivity index (χ0n) is 11.5. The molecule has 0 aliphatic heterocycles. The van der Waals surface area contributed by atoms with Crippen molar-refractivity contribution in [3.05, 3.63) is 65.2 Å². The first kappa shape index (κ1) is 13.5. The van der Waals surface area contributed by atoms with Crippen molar-refractivity contribution in [2.45, 2.75) is 13.5 Å². The highest BCUT2D eigenvalue weighted by Crippen LogP contribution is 2.21. The number of nitrogens with zero attached hydrogens (tertiary/aromatic N) is 3. The summed E-state index contributed by atoms with van der Waals surface area (Å²) in [6, 6.07) is 9.48. The number of aromatic nitrogens is 3. The molecule has 0 saturated heterocycles. The van der Waals surface area contributed by atoms with Crippen LogP contribution in [0.5, 0.6) is 0 Å². The highest BCUT2D eigenvalue weighted by Gasteiger charge is 2.15.